The van der Waals surface area contributed by atoms with Crippen molar-refractivity contribution >= 4 is 17.3 Å². The molecule has 1 aliphatic rings. The molecule has 0 unspecified atom stereocenters. The van der Waals surface area contributed by atoms with E-state index in [1.54, 1.807) is 6.20 Å². The van der Waals surface area contributed by atoms with Crippen LogP contribution in [0.1, 0.15) is 58.3 Å². The summed E-state index contributed by atoms with van der Waals surface area (Å²) in [4.78, 5) is 11.3. The van der Waals surface area contributed by atoms with Gasteiger partial charge in [-0.25, -0.2) is 0 Å². The van der Waals surface area contributed by atoms with E-state index in [0.29, 0.717) is 6.54 Å². The molecule has 0 radical (unpaired) electrons. The van der Waals surface area contributed by atoms with Gasteiger partial charge in [-0.3, -0.25) is 9.97 Å². The van der Waals surface area contributed by atoms with Gasteiger partial charge in [0.1, 0.15) is 0 Å². The van der Waals surface area contributed by atoms with Gasteiger partial charge < -0.3 is 14.8 Å². The lowest BCUT2D eigenvalue weighted by Crippen LogP contribution is -2.29. The maximum atomic E-state index is 5.89. The van der Waals surface area contributed by atoms with Gasteiger partial charge in [0.2, 0.25) is 0 Å². The third-order valence-corrected chi connectivity index (χ3v) is 7.34. The van der Waals surface area contributed by atoms with Gasteiger partial charge in [-0.2, -0.15) is 0 Å². The number of aryl methyl sites for hydroxylation is 3. The third kappa shape index (κ3) is 4.23. The highest BCUT2D eigenvalue weighted by molar-refractivity contribution is 7.80. The Kier molecular flexibility index (Phi) is 6.39. The van der Waals surface area contributed by atoms with Crippen molar-refractivity contribution in [2.45, 2.75) is 52.7 Å². The normalized spacial score (nSPS) is 17.6. The predicted octanol–water partition coefficient (Wildman–Crippen LogP) is 5.93. The molecule has 6 heteroatoms. The molecule has 1 N–H and O–H groups in total. The number of rotatable bonds is 6. The molecule has 3 aromatic heterocycles. The molecule has 4 aromatic rings. The maximum absolute atomic E-state index is 5.89. The molecule has 5 nitrogen and oxygen atoms in total. The van der Waals surface area contributed by atoms with Crippen LogP contribution in [-0.4, -0.2) is 24.5 Å². The number of para-hydroxylation sites is 1. The lowest BCUT2D eigenvalue weighted by atomic mass is 9.96. The number of hydrogen-bond donors (Lipinski definition) is 1. The molecule has 1 aliphatic heterocycles. The first-order valence-electron chi connectivity index (χ1n) is 12.1. The summed E-state index contributed by atoms with van der Waals surface area (Å²) >= 11 is 5.89. The first-order chi connectivity index (χ1) is 17.0. The van der Waals surface area contributed by atoms with Crippen LogP contribution >= 0.6 is 12.2 Å². The minimum absolute atomic E-state index is 0.00616. The molecule has 0 amide bonds. The van der Waals surface area contributed by atoms with Crippen LogP contribution in [0.5, 0.6) is 0 Å². The van der Waals surface area contributed by atoms with Crippen molar-refractivity contribution in [3.63, 3.8) is 0 Å². The Morgan fingerprint density at radius 3 is 2.57 bits per heavy atom. The lowest BCUT2D eigenvalue weighted by Gasteiger charge is -2.28. The van der Waals surface area contributed by atoms with E-state index < -0.39 is 0 Å². The SMILES string of the molecule is CCc1cccc(C)c1-n1c(C)cc([C@@H]2[C@H](c3ccccn3)NC(=S)N2Cc2cccnc2)c1C. The lowest BCUT2D eigenvalue weighted by molar-refractivity contribution is 0.310. The summed E-state index contributed by atoms with van der Waals surface area (Å²) in [5.41, 5.74) is 9.77. The molecular formula is C29H31N5S. The smallest absolute Gasteiger partial charge is 0.170 e. The Hall–Kier alpha value is -3.51. The molecule has 0 spiro atoms. The molecular weight excluding hydrogens is 450 g/mol. The van der Waals surface area contributed by atoms with E-state index in [1.165, 1.54) is 33.8 Å². The molecule has 4 heterocycles. The monoisotopic (exact) mass is 481 g/mol. The summed E-state index contributed by atoms with van der Waals surface area (Å²) in [5.74, 6) is 0. The maximum Gasteiger partial charge on any atom is 0.170 e. The van der Waals surface area contributed by atoms with E-state index in [4.69, 9.17) is 17.2 Å². The van der Waals surface area contributed by atoms with Gasteiger partial charge in [-0.15, -0.1) is 0 Å². The second-order valence-corrected chi connectivity index (χ2v) is 9.60. The second kappa shape index (κ2) is 9.62. The van der Waals surface area contributed by atoms with Crippen LogP contribution in [0.2, 0.25) is 0 Å². The fraction of sp³-hybridized carbons (Fsp3) is 0.276. The van der Waals surface area contributed by atoms with Gasteiger partial charge in [-0.05, 0) is 85.9 Å². The van der Waals surface area contributed by atoms with Gasteiger partial charge in [0.25, 0.3) is 0 Å². The number of nitrogens with zero attached hydrogens (tertiary/aromatic N) is 4. The molecule has 1 fully saturated rings. The molecule has 1 aromatic carbocycles. The van der Waals surface area contributed by atoms with E-state index in [9.17, 15) is 0 Å². The van der Waals surface area contributed by atoms with Crippen molar-refractivity contribution in [2.24, 2.45) is 0 Å². The largest absolute Gasteiger partial charge is 0.352 e. The Morgan fingerprint density at radius 2 is 1.86 bits per heavy atom. The van der Waals surface area contributed by atoms with Crippen molar-refractivity contribution in [3.8, 4) is 5.69 Å². The molecule has 178 valence electrons. The van der Waals surface area contributed by atoms with E-state index in [0.717, 1.165) is 22.8 Å². The molecule has 0 aliphatic carbocycles. The van der Waals surface area contributed by atoms with Crippen molar-refractivity contribution in [1.82, 2.24) is 24.8 Å². The molecule has 0 bridgehead atoms. The van der Waals surface area contributed by atoms with Crippen molar-refractivity contribution < 1.29 is 0 Å². The van der Waals surface area contributed by atoms with Gasteiger partial charge >= 0.3 is 0 Å². The summed E-state index contributed by atoms with van der Waals surface area (Å²) in [7, 11) is 0. The van der Waals surface area contributed by atoms with Gasteiger partial charge in [-0.1, -0.05) is 37.3 Å². The fourth-order valence-corrected chi connectivity index (χ4v) is 5.66. The van der Waals surface area contributed by atoms with Gasteiger partial charge in [0.15, 0.2) is 5.11 Å². The van der Waals surface area contributed by atoms with E-state index in [2.05, 4.69) is 83.9 Å². The average Bonchev–Trinajstić information content (AvgIpc) is 3.35. The quantitative estimate of drug-likeness (QED) is 0.346. The number of hydrogen-bond acceptors (Lipinski definition) is 3. The van der Waals surface area contributed by atoms with Gasteiger partial charge in [0, 0.05) is 36.5 Å². The fourth-order valence-electron chi connectivity index (χ4n) is 5.36. The molecule has 2 atom stereocenters. The Morgan fingerprint density at radius 1 is 1.00 bits per heavy atom. The summed E-state index contributed by atoms with van der Waals surface area (Å²) in [6.07, 6.45) is 6.56. The predicted molar refractivity (Wildman–Crippen MR) is 145 cm³/mol. The first-order valence-corrected chi connectivity index (χ1v) is 12.5. The zero-order valence-corrected chi connectivity index (χ0v) is 21.5. The van der Waals surface area contributed by atoms with Crippen LogP contribution in [0.3, 0.4) is 0 Å². The zero-order valence-electron chi connectivity index (χ0n) is 20.7. The van der Waals surface area contributed by atoms with Crippen molar-refractivity contribution in [2.75, 3.05) is 0 Å². The zero-order chi connectivity index (χ0) is 24.5. The van der Waals surface area contributed by atoms with Crippen LogP contribution in [0.15, 0.2) is 73.2 Å². The van der Waals surface area contributed by atoms with Crippen molar-refractivity contribution in [1.29, 1.82) is 0 Å². The number of thiocarbonyl (C=S) groups is 1. The second-order valence-electron chi connectivity index (χ2n) is 9.21. The van der Waals surface area contributed by atoms with Crippen LogP contribution in [0, 0.1) is 20.8 Å². The first kappa shape index (κ1) is 23.2. The van der Waals surface area contributed by atoms with E-state index in [-0.39, 0.29) is 12.1 Å². The number of aromatic nitrogens is 3. The van der Waals surface area contributed by atoms with Crippen LogP contribution in [-0.2, 0) is 13.0 Å². The van der Waals surface area contributed by atoms with Crippen LogP contribution in [0.25, 0.3) is 5.69 Å². The van der Waals surface area contributed by atoms with E-state index >= 15 is 0 Å². The topological polar surface area (TPSA) is 46.0 Å². The number of benzene rings is 1. The number of pyridine rings is 2. The number of nitrogens with one attached hydrogen (secondary N) is 1. The molecule has 35 heavy (non-hydrogen) atoms. The highest BCUT2D eigenvalue weighted by Gasteiger charge is 2.41. The highest BCUT2D eigenvalue weighted by Crippen LogP contribution is 2.42. The standard InChI is InChI=1S/C29H31N5S/c1-5-23-12-8-10-19(2)27(23)34-20(3)16-24(21(34)4)28-26(25-13-6-7-15-31-25)32-29(35)33(28)18-22-11-9-14-30-17-22/h6-17,26,28H,5,18H2,1-4H3,(H,32,35)/t26-,28+/m0/s1. The Balaban J connectivity index is 1.66. The van der Waals surface area contributed by atoms with Crippen LogP contribution < -0.4 is 5.32 Å². The molecule has 5 rings (SSSR count). The molecule has 0 saturated carbocycles. The van der Waals surface area contributed by atoms with Crippen molar-refractivity contribution in [3.05, 3.63) is 113 Å². The Bertz CT molecular complexity index is 1350. The average molecular weight is 482 g/mol. The Labute approximate surface area is 212 Å². The summed E-state index contributed by atoms with van der Waals surface area (Å²) < 4.78 is 2.42. The summed E-state index contributed by atoms with van der Waals surface area (Å²) in [5, 5.41) is 4.32. The highest BCUT2D eigenvalue weighted by atomic mass is 32.1. The summed E-state index contributed by atoms with van der Waals surface area (Å²) in [6.45, 7) is 9.53. The molecule has 1 saturated heterocycles. The third-order valence-electron chi connectivity index (χ3n) is 6.99. The summed E-state index contributed by atoms with van der Waals surface area (Å²) in [6, 6.07) is 19.0. The van der Waals surface area contributed by atoms with E-state index in [1.807, 2.05) is 30.6 Å². The van der Waals surface area contributed by atoms with Crippen LogP contribution in [0.4, 0.5) is 0 Å². The minimum Gasteiger partial charge on any atom is -0.352 e. The van der Waals surface area contributed by atoms with Gasteiger partial charge in [0.05, 0.1) is 23.5 Å². The minimum atomic E-state index is -0.0446.